The topological polar surface area (TPSA) is 113 Å². The first-order valence-corrected chi connectivity index (χ1v) is 13.6. The fourth-order valence-corrected chi connectivity index (χ4v) is 4.68. The molecule has 0 fully saturated rings. The number of para-hydroxylation sites is 2. The fourth-order valence-electron chi connectivity index (χ4n) is 4.68. The summed E-state index contributed by atoms with van der Waals surface area (Å²) in [4.78, 5) is 28.8. The van der Waals surface area contributed by atoms with Crippen LogP contribution in [0.2, 0.25) is 0 Å². The molecule has 40 heavy (non-hydrogen) atoms. The van der Waals surface area contributed by atoms with Crippen LogP contribution in [0, 0.1) is 0 Å². The zero-order chi connectivity index (χ0) is 28.2. The molecule has 1 unspecified atom stereocenters. The Hall–Kier alpha value is -4.30. The van der Waals surface area contributed by atoms with Gasteiger partial charge in [-0.05, 0) is 66.6 Å². The van der Waals surface area contributed by atoms with Gasteiger partial charge < -0.3 is 30.2 Å². The Morgan fingerprint density at radius 2 is 1.70 bits per heavy atom. The third-order valence-electron chi connectivity index (χ3n) is 6.78. The van der Waals surface area contributed by atoms with Gasteiger partial charge in [0.1, 0.15) is 11.5 Å². The largest absolute Gasteiger partial charge is 0.496 e. The Balaban J connectivity index is 1.34. The summed E-state index contributed by atoms with van der Waals surface area (Å²) >= 11 is 0. The van der Waals surface area contributed by atoms with Gasteiger partial charge in [-0.25, -0.2) is 0 Å². The molecule has 0 spiro atoms. The molecule has 0 radical (unpaired) electrons. The van der Waals surface area contributed by atoms with Gasteiger partial charge >= 0.3 is 0 Å². The maximum absolute atomic E-state index is 12.9. The van der Waals surface area contributed by atoms with Gasteiger partial charge in [-0.3, -0.25) is 9.59 Å². The van der Waals surface area contributed by atoms with Crippen molar-refractivity contribution in [3.05, 3.63) is 95.7 Å². The first-order chi connectivity index (χ1) is 19.6. The van der Waals surface area contributed by atoms with Crippen molar-refractivity contribution in [2.45, 2.75) is 38.1 Å². The van der Waals surface area contributed by atoms with Crippen molar-refractivity contribution >= 4 is 22.7 Å². The number of benzene rings is 3. The molecule has 1 heterocycles. The minimum atomic E-state index is -0.327. The number of methoxy groups -OCH3 is 1. The van der Waals surface area contributed by atoms with Crippen molar-refractivity contribution in [2.24, 2.45) is 0 Å². The number of amides is 2. The Bertz CT molecular complexity index is 1380. The lowest BCUT2D eigenvalue weighted by Gasteiger charge is -2.20. The molecule has 0 saturated carbocycles. The molecule has 4 aromatic rings. The molecule has 1 atom stereocenters. The molecule has 210 valence electrons. The van der Waals surface area contributed by atoms with Crippen LogP contribution in [0.15, 0.2) is 79.0 Å². The third kappa shape index (κ3) is 8.35. The summed E-state index contributed by atoms with van der Waals surface area (Å²) in [5.74, 6) is 0.999. The Kier molecular flexibility index (Phi) is 10.6. The van der Waals surface area contributed by atoms with Crippen LogP contribution in [0.5, 0.6) is 11.5 Å². The van der Waals surface area contributed by atoms with Crippen LogP contribution < -0.4 is 20.1 Å². The molecule has 0 aliphatic rings. The number of fused-ring (bicyclic) bond motifs is 1. The third-order valence-corrected chi connectivity index (χ3v) is 6.78. The van der Waals surface area contributed by atoms with Crippen molar-refractivity contribution in [3.8, 4) is 11.5 Å². The summed E-state index contributed by atoms with van der Waals surface area (Å²) in [6, 6.07) is 22.9. The van der Waals surface area contributed by atoms with Crippen LogP contribution in [-0.4, -0.2) is 54.8 Å². The molecule has 8 heteroatoms. The molecular formula is C32H37N3O5. The number of H-pyrrole nitrogens is 1. The summed E-state index contributed by atoms with van der Waals surface area (Å²) in [6.07, 6.45) is 4.85. The number of hydrogen-bond acceptors (Lipinski definition) is 5. The number of carbonyl (C=O) groups excluding carboxylic acids is 2. The lowest BCUT2D eigenvalue weighted by molar-refractivity contribution is -0.125. The van der Waals surface area contributed by atoms with Crippen LogP contribution in [0.4, 0.5) is 0 Å². The van der Waals surface area contributed by atoms with Crippen molar-refractivity contribution in [2.75, 3.05) is 26.9 Å². The van der Waals surface area contributed by atoms with E-state index in [4.69, 9.17) is 14.6 Å². The van der Waals surface area contributed by atoms with E-state index in [1.807, 2.05) is 79.0 Å². The second kappa shape index (κ2) is 14.7. The summed E-state index contributed by atoms with van der Waals surface area (Å²) < 4.78 is 11.1. The van der Waals surface area contributed by atoms with Crippen LogP contribution in [0.25, 0.3) is 10.9 Å². The first kappa shape index (κ1) is 28.7. The molecule has 1 aromatic heterocycles. The average Bonchev–Trinajstić information content (AvgIpc) is 3.40. The highest BCUT2D eigenvalue weighted by Crippen LogP contribution is 2.20. The summed E-state index contributed by atoms with van der Waals surface area (Å²) in [5, 5.41) is 16.1. The van der Waals surface area contributed by atoms with Gasteiger partial charge in [0.2, 0.25) is 5.91 Å². The molecular weight excluding hydrogens is 506 g/mol. The number of aliphatic hydroxyl groups excluding tert-OH is 1. The maximum atomic E-state index is 12.9. The van der Waals surface area contributed by atoms with E-state index >= 15 is 0 Å². The van der Waals surface area contributed by atoms with Crippen LogP contribution >= 0.6 is 0 Å². The summed E-state index contributed by atoms with van der Waals surface area (Å²) in [7, 11) is 1.62. The number of aromatic nitrogens is 1. The number of aryl methyl sites for hydroxylation is 2. The predicted octanol–water partition coefficient (Wildman–Crippen LogP) is 3.96. The lowest BCUT2D eigenvalue weighted by Crippen LogP contribution is -2.46. The number of aliphatic hydroxyl groups is 1. The summed E-state index contributed by atoms with van der Waals surface area (Å²) in [5.41, 5.74) is 4.16. The van der Waals surface area contributed by atoms with Gasteiger partial charge in [-0.15, -0.1) is 0 Å². The first-order valence-electron chi connectivity index (χ1n) is 13.6. The van der Waals surface area contributed by atoms with E-state index in [9.17, 15) is 9.59 Å². The monoisotopic (exact) mass is 543 g/mol. The average molecular weight is 544 g/mol. The highest BCUT2D eigenvalue weighted by Gasteiger charge is 2.17. The number of nitrogens with one attached hydrogen (secondary N) is 3. The number of hydrogen-bond donors (Lipinski definition) is 4. The fraction of sp³-hybridized carbons (Fsp3) is 0.312. The molecule has 8 nitrogen and oxygen atoms in total. The second-order valence-electron chi connectivity index (χ2n) is 9.70. The van der Waals surface area contributed by atoms with E-state index in [0.29, 0.717) is 31.4 Å². The molecule has 3 aromatic carbocycles. The van der Waals surface area contributed by atoms with Crippen molar-refractivity contribution in [1.82, 2.24) is 15.6 Å². The van der Waals surface area contributed by atoms with E-state index in [0.717, 1.165) is 39.8 Å². The number of aromatic amines is 1. The molecule has 4 N–H and O–H groups in total. The maximum Gasteiger partial charge on any atom is 0.258 e. The van der Waals surface area contributed by atoms with Crippen molar-refractivity contribution < 1.29 is 24.2 Å². The minimum absolute atomic E-state index is 0.0957. The van der Waals surface area contributed by atoms with Crippen LogP contribution in [0.1, 0.15) is 29.5 Å². The van der Waals surface area contributed by atoms with E-state index < -0.39 is 0 Å². The Morgan fingerprint density at radius 3 is 2.50 bits per heavy atom. The van der Waals surface area contributed by atoms with Gasteiger partial charge in [0, 0.05) is 36.7 Å². The molecule has 2 amide bonds. The highest BCUT2D eigenvalue weighted by molar-refractivity contribution is 5.83. The molecule has 0 aliphatic heterocycles. The molecule has 0 bridgehead atoms. The normalized spacial score (nSPS) is 11.7. The number of ether oxygens (including phenoxy) is 2. The highest BCUT2D eigenvalue weighted by atomic mass is 16.5. The standard InChI is InChI=1S/C32H37N3O5/c1-39-30-11-5-2-8-24(30)14-17-31(37)34-21-26(19-25-20-33-29-10-4-3-9-28(25)29)35-32(38)22-40-27-15-12-23(13-16-27)7-6-18-36/h2-5,8-13,15-16,20,26,33,36H,6-7,14,17-19,21-22H2,1H3,(H,34,37)(H,35,38). The second-order valence-corrected chi connectivity index (χ2v) is 9.70. The predicted molar refractivity (Wildman–Crippen MR) is 156 cm³/mol. The molecule has 4 rings (SSSR count). The Morgan fingerprint density at radius 1 is 0.925 bits per heavy atom. The van der Waals surface area contributed by atoms with E-state index in [2.05, 4.69) is 15.6 Å². The van der Waals surface area contributed by atoms with E-state index in [1.54, 1.807) is 7.11 Å². The lowest BCUT2D eigenvalue weighted by atomic mass is 10.0. The van der Waals surface area contributed by atoms with Gasteiger partial charge in [-0.1, -0.05) is 48.5 Å². The molecule has 0 aliphatic carbocycles. The van der Waals surface area contributed by atoms with Gasteiger partial charge in [-0.2, -0.15) is 0 Å². The minimum Gasteiger partial charge on any atom is -0.496 e. The van der Waals surface area contributed by atoms with Gasteiger partial charge in [0.15, 0.2) is 6.61 Å². The zero-order valence-corrected chi connectivity index (χ0v) is 22.8. The van der Waals surface area contributed by atoms with Gasteiger partial charge in [0.25, 0.3) is 5.91 Å². The SMILES string of the molecule is COc1ccccc1CCC(=O)NCC(Cc1c[nH]c2ccccc12)NC(=O)COc1ccc(CCCO)cc1. The van der Waals surface area contributed by atoms with E-state index in [-0.39, 0.29) is 37.6 Å². The van der Waals surface area contributed by atoms with Crippen LogP contribution in [-0.2, 0) is 28.9 Å². The van der Waals surface area contributed by atoms with E-state index in [1.165, 1.54) is 0 Å². The zero-order valence-electron chi connectivity index (χ0n) is 22.8. The number of rotatable bonds is 15. The quantitative estimate of drug-likeness (QED) is 0.181. The van der Waals surface area contributed by atoms with Crippen LogP contribution in [0.3, 0.4) is 0 Å². The Labute approximate surface area is 234 Å². The summed E-state index contributed by atoms with van der Waals surface area (Å²) in [6.45, 7) is 0.304. The van der Waals surface area contributed by atoms with Crippen molar-refractivity contribution in [1.29, 1.82) is 0 Å². The number of carbonyl (C=O) groups is 2. The van der Waals surface area contributed by atoms with Crippen molar-refractivity contribution in [3.63, 3.8) is 0 Å². The van der Waals surface area contributed by atoms with Gasteiger partial charge in [0.05, 0.1) is 13.2 Å². The smallest absolute Gasteiger partial charge is 0.258 e. The molecule has 0 saturated heterocycles.